The van der Waals surface area contributed by atoms with E-state index in [-0.39, 0.29) is 11.8 Å². The van der Waals surface area contributed by atoms with Crippen LogP contribution in [-0.4, -0.2) is 17.3 Å². The Morgan fingerprint density at radius 2 is 2.26 bits per heavy atom. The molecule has 0 aliphatic heterocycles. The third-order valence-corrected chi connectivity index (χ3v) is 3.27. The Hall–Kier alpha value is -1.95. The molecule has 1 unspecified atom stereocenters. The van der Waals surface area contributed by atoms with Crippen LogP contribution in [0.2, 0.25) is 0 Å². The van der Waals surface area contributed by atoms with Crippen LogP contribution in [0.25, 0.3) is 11.5 Å². The Bertz CT molecular complexity index is 595. The van der Waals surface area contributed by atoms with Crippen molar-refractivity contribution in [1.29, 1.82) is 0 Å². The molecule has 2 aromatic rings. The number of halogens is 1. The normalized spacial score (nSPS) is 16.4. The summed E-state index contributed by atoms with van der Waals surface area (Å²) in [5.41, 5.74) is 6.61. The van der Waals surface area contributed by atoms with Crippen LogP contribution in [0, 0.1) is 11.7 Å². The van der Waals surface area contributed by atoms with Gasteiger partial charge >= 0.3 is 0 Å². The average Bonchev–Trinajstić information content (AvgIpc) is 3.16. The number of methoxy groups -OCH3 is 1. The number of rotatable bonds is 4. The molecule has 1 saturated carbocycles. The van der Waals surface area contributed by atoms with Crippen molar-refractivity contribution >= 4 is 0 Å². The SMILES string of the molecule is COc1cc(-c2nc(C(N)C3CC3)no2)ccc1F. The highest BCUT2D eigenvalue weighted by atomic mass is 19.1. The number of hydrogen-bond acceptors (Lipinski definition) is 5. The lowest BCUT2D eigenvalue weighted by atomic mass is 10.2. The Labute approximate surface area is 109 Å². The number of ether oxygens (including phenoxy) is 1. The first-order chi connectivity index (χ1) is 9.19. The molecule has 3 rings (SSSR count). The zero-order valence-electron chi connectivity index (χ0n) is 10.5. The van der Waals surface area contributed by atoms with Crippen LogP contribution >= 0.6 is 0 Å². The van der Waals surface area contributed by atoms with Crippen LogP contribution in [0.1, 0.15) is 24.7 Å². The van der Waals surface area contributed by atoms with E-state index in [1.54, 1.807) is 6.07 Å². The smallest absolute Gasteiger partial charge is 0.258 e. The molecule has 19 heavy (non-hydrogen) atoms. The fourth-order valence-corrected chi connectivity index (χ4v) is 1.95. The minimum atomic E-state index is -0.430. The van der Waals surface area contributed by atoms with E-state index in [0.29, 0.717) is 23.2 Å². The van der Waals surface area contributed by atoms with Crippen molar-refractivity contribution in [2.75, 3.05) is 7.11 Å². The van der Waals surface area contributed by atoms with Gasteiger partial charge in [-0.25, -0.2) is 4.39 Å². The van der Waals surface area contributed by atoms with E-state index in [0.717, 1.165) is 12.8 Å². The third kappa shape index (κ3) is 2.31. The van der Waals surface area contributed by atoms with E-state index >= 15 is 0 Å². The molecule has 0 amide bonds. The van der Waals surface area contributed by atoms with E-state index in [1.165, 1.54) is 19.2 Å². The predicted molar refractivity (Wildman–Crippen MR) is 65.9 cm³/mol. The number of nitrogens with zero attached hydrogens (tertiary/aromatic N) is 2. The molecule has 1 aliphatic rings. The average molecular weight is 263 g/mol. The van der Waals surface area contributed by atoms with Gasteiger partial charge in [-0.05, 0) is 37.0 Å². The molecule has 1 aliphatic carbocycles. The van der Waals surface area contributed by atoms with Crippen LogP contribution in [0.4, 0.5) is 4.39 Å². The van der Waals surface area contributed by atoms with Gasteiger partial charge in [-0.3, -0.25) is 0 Å². The lowest BCUT2D eigenvalue weighted by Gasteiger charge is -2.03. The fraction of sp³-hybridized carbons (Fsp3) is 0.385. The van der Waals surface area contributed by atoms with Gasteiger partial charge < -0.3 is 15.0 Å². The molecule has 1 fully saturated rings. The van der Waals surface area contributed by atoms with Gasteiger partial charge in [0.2, 0.25) is 0 Å². The quantitative estimate of drug-likeness (QED) is 0.916. The summed E-state index contributed by atoms with van der Waals surface area (Å²) in [6.07, 6.45) is 2.21. The maximum Gasteiger partial charge on any atom is 0.258 e. The molecule has 5 nitrogen and oxygen atoms in total. The summed E-state index contributed by atoms with van der Waals surface area (Å²) in [4.78, 5) is 4.27. The zero-order chi connectivity index (χ0) is 13.4. The summed E-state index contributed by atoms with van der Waals surface area (Å²) in [6.45, 7) is 0. The highest BCUT2D eigenvalue weighted by Crippen LogP contribution is 2.38. The Balaban J connectivity index is 1.89. The van der Waals surface area contributed by atoms with Crippen molar-refractivity contribution in [1.82, 2.24) is 10.1 Å². The molecular weight excluding hydrogens is 249 g/mol. The predicted octanol–water partition coefficient (Wildman–Crippen LogP) is 2.29. The van der Waals surface area contributed by atoms with Gasteiger partial charge in [0, 0.05) is 5.56 Å². The highest BCUT2D eigenvalue weighted by molar-refractivity contribution is 5.56. The number of benzene rings is 1. The molecular formula is C13H14FN3O2. The number of hydrogen-bond donors (Lipinski definition) is 1. The van der Waals surface area contributed by atoms with Crippen molar-refractivity contribution in [2.45, 2.75) is 18.9 Å². The Morgan fingerprint density at radius 1 is 1.47 bits per heavy atom. The Morgan fingerprint density at radius 3 is 2.95 bits per heavy atom. The third-order valence-electron chi connectivity index (χ3n) is 3.27. The largest absolute Gasteiger partial charge is 0.494 e. The minimum absolute atomic E-state index is 0.142. The molecule has 0 radical (unpaired) electrons. The highest BCUT2D eigenvalue weighted by Gasteiger charge is 2.32. The van der Waals surface area contributed by atoms with Gasteiger partial charge in [0.15, 0.2) is 17.4 Å². The second-order valence-corrected chi connectivity index (χ2v) is 4.67. The first-order valence-electron chi connectivity index (χ1n) is 6.12. The molecule has 2 N–H and O–H groups in total. The molecule has 1 heterocycles. The van der Waals surface area contributed by atoms with Crippen LogP contribution in [-0.2, 0) is 0 Å². The van der Waals surface area contributed by atoms with Crippen LogP contribution in [0.3, 0.4) is 0 Å². The van der Waals surface area contributed by atoms with Gasteiger partial charge in [-0.1, -0.05) is 5.16 Å². The summed E-state index contributed by atoms with van der Waals surface area (Å²) in [5.74, 6) is 0.989. The van der Waals surface area contributed by atoms with Crippen molar-refractivity contribution < 1.29 is 13.7 Å². The minimum Gasteiger partial charge on any atom is -0.494 e. The first-order valence-corrected chi connectivity index (χ1v) is 6.12. The van der Waals surface area contributed by atoms with Crippen molar-refractivity contribution in [3.8, 4) is 17.2 Å². The summed E-state index contributed by atoms with van der Waals surface area (Å²) in [5, 5.41) is 3.89. The van der Waals surface area contributed by atoms with E-state index in [2.05, 4.69) is 10.1 Å². The summed E-state index contributed by atoms with van der Waals surface area (Å²) >= 11 is 0. The maximum atomic E-state index is 13.3. The summed E-state index contributed by atoms with van der Waals surface area (Å²) < 4.78 is 23.4. The van der Waals surface area contributed by atoms with E-state index < -0.39 is 5.82 Å². The van der Waals surface area contributed by atoms with Crippen molar-refractivity contribution in [3.63, 3.8) is 0 Å². The van der Waals surface area contributed by atoms with Gasteiger partial charge in [-0.2, -0.15) is 4.98 Å². The molecule has 1 atom stereocenters. The molecule has 100 valence electrons. The summed E-state index contributed by atoms with van der Waals surface area (Å²) in [7, 11) is 1.41. The van der Waals surface area contributed by atoms with Crippen molar-refractivity contribution in [3.05, 3.63) is 29.8 Å². The van der Waals surface area contributed by atoms with Gasteiger partial charge in [0.05, 0.1) is 13.2 Å². The molecule has 1 aromatic carbocycles. The summed E-state index contributed by atoms with van der Waals surface area (Å²) in [6, 6.07) is 4.21. The fourth-order valence-electron chi connectivity index (χ4n) is 1.95. The van der Waals surface area contributed by atoms with Gasteiger partial charge in [0.1, 0.15) is 0 Å². The first kappa shape index (κ1) is 12.1. The van der Waals surface area contributed by atoms with Crippen LogP contribution in [0.5, 0.6) is 5.75 Å². The molecule has 0 spiro atoms. The topological polar surface area (TPSA) is 74.2 Å². The van der Waals surface area contributed by atoms with E-state index in [9.17, 15) is 4.39 Å². The lowest BCUT2D eigenvalue weighted by molar-refractivity contribution is 0.385. The maximum absolute atomic E-state index is 13.3. The molecule has 0 bridgehead atoms. The monoisotopic (exact) mass is 263 g/mol. The Kier molecular flexibility index (Phi) is 2.94. The number of aromatic nitrogens is 2. The van der Waals surface area contributed by atoms with Crippen molar-refractivity contribution in [2.24, 2.45) is 11.7 Å². The zero-order valence-corrected chi connectivity index (χ0v) is 10.5. The number of nitrogens with two attached hydrogens (primary N) is 1. The molecule has 1 aromatic heterocycles. The van der Waals surface area contributed by atoms with Crippen LogP contribution < -0.4 is 10.5 Å². The van der Waals surface area contributed by atoms with E-state index in [4.69, 9.17) is 15.0 Å². The standard InChI is InChI=1S/C13H14FN3O2/c1-18-10-6-8(4-5-9(10)14)13-16-12(17-19-13)11(15)7-2-3-7/h4-7,11H,2-3,15H2,1H3. The van der Waals surface area contributed by atoms with Gasteiger partial charge in [0.25, 0.3) is 5.89 Å². The lowest BCUT2D eigenvalue weighted by Crippen LogP contribution is -2.13. The molecule has 0 saturated heterocycles. The van der Waals surface area contributed by atoms with Crippen LogP contribution in [0.15, 0.2) is 22.7 Å². The molecule has 6 heteroatoms. The second kappa shape index (κ2) is 4.62. The second-order valence-electron chi connectivity index (χ2n) is 4.67. The van der Waals surface area contributed by atoms with E-state index in [1.807, 2.05) is 0 Å². The van der Waals surface area contributed by atoms with Gasteiger partial charge in [-0.15, -0.1) is 0 Å².